The van der Waals surface area contributed by atoms with Crippen LogP contribution < -0.4 is 14.8 Å². The van der Waals surface area contributed by atoms with E-state index in [4.69, 9.17) is 15.9 Å². The fourth-order valence-electron chi connectivity index (χ4n) is 1.41. The molecule has 1 aromatic rings. The van der Waals surface area contributed by atoms with Crippen molar-refractivity contribution in [2.45, 2.75) is 6.42 Å². The van der Waals surface area contributed by atoms with Crippen LogP contribution in [0.25, 0.3) is 0 Å². The highest BCUT2D eigenvalue weighted by molar-refractivity contribution is 5.99. The smallest absolute Gasteiger partial charge is 0.258 e. The third-order valence-corrected chi connectivity index (χ3v) is 2.21. The highest BCUT2D eigenvalue weighted by atomic mass is 16.5. The Bertz CT molecular complexity index is 413. The first kappa shape index (κ1) is 12.9. The summed E-state index contributed by atoms with van der Waals surface area (Å²) in [4.78, 5) is 11.9. The summed E-state index contributed by atoms with van der Waals surface area (Å²) in [6, 6.07) is 5.17. The average Bonchev–Trinajstić information content (AvgIpc) is 2.37. The Morgan fingerprint density at radius 1 is 1.35 bits per heavy atom. The molecule has 0 heterocycles. The largest absolute Gasteiger partial charge is 0.496 e. The van der Waals surface area contributed by atoms with Gasteiger partial charge in [0.05, 0.1) is 14.2 Å². The summed E-state index contributed by atoms with van der Waals surface area (Å²) in [7, 11) is 3.01. The quantitative estimate of drug-likeness (QED) is 0.618. The normalized spacial score (nSPS) is 9.24. The number of hydrogen-bond acceptors (Lipinski definition) is 3. The highest BCUT2D eigenvalue weighted by Gasteiger charge is 2.17. The molecule has 0 saturated heterocycles. The lowest BCUT2D eigenvalue weighted by Gasteiger charge is -2.12. The molecule has 0 unspecified atom stereocenters. The zero-order valence-corrected chi connectivity index (χ0v) is 9.95. The maximum atomic E-state index is 11.9. The Labute approximate surface area is 101 Å². The molecule has 0 bridgehead atoms. The van der Waals surface area contributed by atoms with Crippen molar-refractivity contribution in [1.29, 1.82) is 0 Å². The molecule has 0 aliphatic rings. The van der Waals surface area contributed by atoms with Crippen LogP contribution in [0.3, 0.4) is 0 Å². The summed E-state index contributed by atoms with van der Waals surface area (Å²) in [5.74, 6) is 3.15. The lowest BCUT2D eigenvalue weighted by atomic mass is 10.1. The number of rotatable bonds is 5. The number of carbonyl (C=O) groups excluding carboxylic acids is 1. The van der Waals surface area contributed by atoms with Gasteiger partial charge in [-0.1, -0.05) is 6.07 Å². The van der Waals surface area contributed by atoms with Crippen LogP contribution in [-0.4, -0.2) is 26.7 Å². The molecule has 0 fully saturated rings. The number of amides is 1. The van der Waals surface area contributed by atoms with Crippen molar-refractivity contribution in [3.05, 3.63) is 23.8 Å². The molecule has 90 valence electrons. The zero-order valence-electron chi connectivity index (χ0n) is 9.95. The minimum atomic E-state index is -0.255. The van der Waals surface area contributed by atoms with E-state index >= 15 is 0 Å². The van der Waals surface area contributed by atoms with Crippen molar-refractivity contribution in [3.8, 4) is 23.8 Å². The molecule has 0 aliphatic heterocycles. The van der Waals surface area contributed by atoms with Gasteiger partial charge < -0.3 is 14.8 Å². The van der Waals surface area contributed by atoms with Gasteiger partial charge in [0.1, 0.15) is 17.1 Å². The number of benzene rings is 1. The number of methoxy groups -OCH3 is 2. The number of hydrogen-bond donors (Lipinski definition) is 1. The van der Waals surface area contributed by atoms with Crippen molar-refractivity contribution >= 4 is 5.91 Å². The van der Waals surface area contributed by atoms with Crippen LogP contribution >= 0.6 is 0 Å². The van der Waals surface area contributed by atoms with Gasteiger partial charge in [-0.3, -0.25) is 4.79 Å². The van der Waals surface area contributed by atoms with Crippen LogP contribution in [0.1, 0.15) is 16.8 Å². The van der Waals surface area contributed by atoms with Crippen LogP contribution in [-0.2, 0) is 0 Å². The van der Waals surface area contributed by atoms with E-state index in [9.17, 15) is 4.79 Å². The van der Waals surface area contributed by atoms with E-state index in [-0.39, 0.29) is 5.91 Å². The Balaban J connectivity index is 2.94. The lowest BCUT2D eigenvalue weighted by molar-refractivity contribution is 0.0948. The van der Waals surface area contributed by atoms with Gasteiger partial charge in [-0.15, -0.1) is 12.3 Å². The summed E-state index contributed by atoms with van der Waals surface area (Å²) < 4.78 is 10.3. The van der Waals surface area contributed by atoms with Gasteiger partial charge in [0.15, 0.2) is 0 Å². The van der Waals surface area contributed by atoms with Crippen molar-refractivity contribution in [1.82, 2.24) is 5.32 Å². The Kier molecular flexibility index (Phi) is 4.89. The Hall–Kier alpha value is -2.15. The second-order valence-corrected chi connectivity index (χ2v) is 3.25. The first-order valence-electron chi connectivity index (χ1n) is 5.17. The predicted octanol–water partition coefficient (Wildman–Crippen LogP) is 1.46. The molecule has 4 nitrogen and oxygen atoms in total. The number of carbonyl (C=O) groups is 1. The number of nitrogens with one attached hydrogen (secondary N) is 1. The van der Waals surface area contributed by atoms with E-state index in [1.165, 1.54) is 14.2 Å². The topological polar surface area (TPSA) is 47.6 Å². The van der Waals surface area contributed by atoms with Crippen molar-refractivity contribution in [3.63, 3.8) is 0 Å². The van der Waals surface area contributed by atoms with Crippen molar-refractivity contribution in [2.24, 2.45) is 0 Å². The summed E-state index contributed by atoms with van der Waals surface area (Å²) in [5.41, 5.74) is 0.384. The molecular formula is C13H15NO3. The summed E-state index contributed by atoms with van der Waals surface area (Å²) in [5, 5.41) is 2.71. The molecular weight excluding hydrogens is 218 g/mol. The maximum absolute atomic E-state index is 11.9. The molecule has 1 amide bonds. The van der Waals surface area contributed by atoms with Crippen molar-refractivity contribution < 1.29 is 14.3 Å². The van der Waals surface area contributed by atoms with Gasteiger partial charge >= 0.3 is 0 Å². The monoisotopic (exact) mass is 233 g/mol. The van der Waals surface area contributed by atoms with Gasteiger partial charge in [0.25, 0.3) is 5.91 Å². The third kappa shape index (κ3) is 3.15. The second-order valence-electron chi connectivity index (χ2n) is 3.25. The molecule has 0 atom stereocenters. The van der Waals surface area contributed by atoms with Gasteiger partial charge in [-0.25, -0.2) is 0 Å². The molecule has 4 heteroatoms. The lowest BCUT2D eigenvalue weighted by Crippen LogP contribution is -2.25. The molecule has 0 radical (unpaired) electrons. The van der Waals surface area contributed by atoms with Crippen LogP contribution in [0.15, 0.2) is 18.2 Å². The predicted molar refractivity (Wildman–Crippen MR) is 65.3 cm³/mol. The minimum absolute atomic E-state index is 0.255. The second kappa shape index (κ2) is 6.44. The van der Waals surface area contributed by atoms with Crippen LogP contribution in [0.5, 0.6) is 11.5 Å². The van der Waals surface area contributed by atoms with E-state index in [1.54, 1.807) is 18.2 Å². The first-order valence-corrected chi connectivity index (χ1v) is 5.17. The molecule has 0 saturated carbocycles. The molecule has 1 N–H and O–H groups in total. The Morgan fingerprint density at radius 2 is 1.94 bits per heavy atom. The van der Waals surface area contributed by atoms with Crippen LogP contribution in [0.2, 0.25) is 0 Å². The summed E-state index contributed by atoms with van der Waals surface area (Å²) in [6.07, 6.45) is 5.60. The highest BCUT2D eigenvalue weighted by Crippen LogP contribution is 2.27. The van der Waals surface area contributed by atoms with E-state index < -0.39 is 0 Å². The molecule has 0 aromatic heterocycles. The fourth-order valence-corrected chi connectivity index (χ4v) is 1.41. The summed E-state index contributed by atoms with van der Waals surface area (Å²) >= 11 is 0. The molecule has 1 aromatic carbocycles. The number of terminal acetylenes is 1. The van der Waals surface area contributed by atoms with E-state index in [0.29, 0.717) is 30.0 Å². The standard InChI is InChI=1S/C13H15NO3/c1-4-5-9-14-13(15)12-10(16-2)7-6-8-11(12)17-3/h1,6-8H,5,9H2,2-3H3,(H,14,15). The van der Waals surface area contributed by atoms with Crippen LogP contribution in [0, 0.1) is 12.3 Å². The fraction of sp³-hybridized carbons (Fsp3) is 0.308. The first-order chi connectivity index (χ1) is 8.24. The molecule has 17 heavy (non-hydrogen) atoms. The molecule has 1 rings (SSSR count). The van der Waals surface area contributed by atoms with Gasteiger partial charge in [-0.2, -0.15) is 0 Å². The zero-order chi connectivity index (χ0) is 12.7. The molecule has 0 spiro atoms. The Morgan fingerprint density at radius 3 is 2.41 bits per heavy atom. The van der Waals surface area contributed by atoms with Gasteiger partial charge in [0.2, 0.25) is 0 Å². The molecule has 0 aliphatic carbocycles. The van der Waals surface area contributed by atoms with Gasteiger partial charge in [0, 0.05) is 13.0 Å². The number of ether oxygens (including phenoxy) is 2. The summed E-state index contributed by atoms with van der Waals surface area (Å²) in [6.45, 7) is 0.427. The third-order valence-electron chi connectivity index (χ3n) is 2.21. The van der Waals surface area contributed by atoms with Crippen LogP contribution in [0.4, 0.5) is 0 Å². The van der Waals surface area contributed by atoms with E-state index in [1.807, 2.05) is 0 Å². The average molecular weight is 233 g/mol. The van der Waals surface area contributed by atoms with Gasteiger partial charge in [-0.05, 0) is 12.1 Å². The maximum Gasteiger partial charge on any atom is 0.258 e. The van der Waals surface area contributed by atoms with E-state index in [2.05, 4.69) is 11.2 Å². The minimum Gasteiger partial charge on any atom is -0.496 e. The van der Waals surface area contributed by atoms with Crippen molar-refractivity contribution in [2.75, 3.05) is 20.8 Å². The SMILES string of the molecule is C#CCCNC(=O)c1c(OC)cccc1OC. The van der Waals surface area contributed by atoms with E-state index in [0.717, 1.165) is 0 Å².